The van der Waals surface area contributed by atoms with E-state index in [9.17, 15) is 50.8 Å². The second kappa shape index (κ2) is 10.9. The van der Waals surface area contributed by atoms with Gasteiger partial charge in [-0.1, -0.05) is 35.9 Å². The van der Waals surface area contributed by atoms with Crippen molar-refractivity contribution in [3.05, 3.63) is 64.7 Å². The van der Waals surface area contributed by atoms with Crippen molar-refractivity contribution >= 4 is 23.3 Å². The molecule has 1 atom stereocenters. The lowest BCUT2D eigenvalue weighted by atomic mass is 9.98. The van der Waals surface area contributed by atoms with Gasteiger partial charge in [0.15, 0.2) is 17.6 Å². The Balaban J connectivity index is 1.84. The van der Waals surface area contributed by atoms with Crippen molar-refractivity contribution in [3.63, 3.8) is 0 Å². The zero-order valence-corrected chi connectivity index (χ0v) is 20.4. The molecule has 3 aromatic carbocycles. The van der Waals surface area contributed by atoms with Gasteiger partial charge in [-0.05, 0) is 35.4 Å². The predicted molar refractivity (Wildman–Crippen MR) is 133 cm³/mol. The maximum Gasteiger partial charge on any atom is 0.343 e. The number of aromatic carboxylic acids is 1. The standard InChI is InChI=1S/C24H25ClN2O11/c1-38-21(12-5-2-6-13(25)8-12)24(36,37)26-10-23(34,35)27-14-7-3-4-11(9-14)15-17(28)16(22(32)33)19(30)20(31)18(15)29/h2-9,21,26-31,34-37H,10H2,1H3,(H,32,33). The number of hydrogen-bond donors (Lipinski definition) is 11. The highest BCUT2D eigenvalue weighted by Crippen LogP contribution is 2.51. The largest absolute Gasteiger partial charge is 0.506 e. The fourth-order valence-corrected chi connectivity index (χ4v) is 3.95. The van der Waals surface area contributed by atoms with E-state index < -0.39 is 64.6 Å². The second-order valence-corrected chi connectivity index (χ2v) is 8.66. The van der Waals surface area contributed by atoms with E-state index in [2.05, 4.69) is 10.6 Å². The summed E-state index contributed by atoms with van der Waals surface area (Å²) in [5, 5.41) is 96.1. The Morgan fingerprint density at radius 3 is 2.21 bits per heavy atom. The molecule has 0 bridgehead atoms. The molecule has 0 aliphatic rings. The summed E-state index contributed by atoms with van der Waals surface area (Å²) in [4.78, 5) is 11.4. The Kier molecular flexibility index (Phi) is 8.24. The molecule has 3 aromatic rings. The number of phenols is 4. The zero-order chi connectivity index (χ0) is 28.4. The number of benzene rings is 3. The fraction of sp³-hybridized carbons (Fsp3) is 0.208. The number of carboxylic acids is 1. The molecule has 0 spiro atoms. The number of phenolic OH excluding ortho intramolecular Hbond substituents is 2. The molecule has 0 heterocycles. The van der Waals surface area contributed by atoms with Gasteiger partial charge in [0.1, 0.15) is 11.3 Å². The van der Waals surface area contributed by atoms with Gasteiger partial charge < -0.3 is 56.0 Å². The molecule has 0 aromatic heterocycles. The number of methoxy groups -OCH3 is 1. The van der Waals surface area contributed by atoms with Gasteiger partial charge >= 0.3 is 5.97 Å². The van der Waals surface area contributed by atoms with Gasteiger partial charge in [-0.2, -0.15) is 0 Å². The summed E-state index contributed by atoms with van der Waals surface area (Å²) in [6.45, 7) is -0.885. The summed E-state index contributed by atoms with van der Waals surface area (Å²) in [5.74, 6) is -11.9. The van der Waals surface area contributed by atoms with Gasteiger partial charge in [-0.15, -0.1) is 0 Å². The number of rotatable bonds is 10. The Labute approximate surface area is 220 Å². The van der Waals surface area contributed by atoms with Gasteiger partial charge in [-0.25, -0.2) is 4.79 Å². The highest BCUT2D eigenvalue weighted by molar-refractivity contribution is 6.30. The number of nitrogens with one attached hydrogen (secondary N) is 2. The van der Waals surface area contributed by atoms with E-state index in [0.29, 0.717) is 5.02 Å². The van der Waals surface area contributed by atoms with Crippen LogP contribution in [0.5, 0.6) is 23.0 Å². The summed E-state index contributed by atoms with van der Waals surface area (Å²) < 4.78 is 5.14. The maximum atomic E-state index is 11.4. The van der Waals surface area contributed by atoms with E-state index >= 15 is 0 Å². The fourth-order valence-electron chi connectivity index (χ4n) is 3.75. The zero-order valence-electron chi connectivity index (χ0n) is 19.6. The number of halogens is 1. The van der Waals surface area contributed by atoms with Gasteiger partial charge in [0.2, 0.25) is 5.75 Å². The Morgan fingerprint density at radius 2 is 1.61 bits per heavy atom. The maximum absolute atomic E-state index is 11.4. The first-order valence-electron chi connectivity index (χ1n) is 10.7. The highest BCUT2D eigenvalue weighted by atomic mass is 35.5. The average Bonchev–Trinajstić information content (AvgIpc) is 2.82. The van der Waals surface area contributed by atoms with Crippen LogP contribution in [0.3, 0.4) is 0 Å². The van der Waals surface area contributed by atoms with Crippen LogP contribution in [0.25, 0.3) is 11.1 Å². The Morgan fingerprint density at radius 1 is 0.947 bits per heavy atom. The number of ether oxygens (including phenoxy) is 1. The molecule has 13 nitrogen and oxygen atoms in total. The van der Waals surface area contributed by atoms with Gasteiger partial charge in [0.05, 0.1) is 12.1 Å². The minimum Gasteiger partial charge on any atom is -0.506 e. The SMILES string of the molecule is COC(c1cccc(Cl)c1)C(O)(O)NCC(O)(O)Nc1cccc(-c2c(O)c(O)c(O)c(C(=O)O)c2O)c1. The van der Waals surface area contributed by atoms with Crippen LogP contribution in [0, 0.1) is 0 Å². The van der Waals surface area contributed by atoms with Crippen LogP contribution in [0.4, 0.5) is 5.69 Å². The van der Waals surface area contributed by atoms with Crippen molar-refractivity contribution in [1.82, 2.24) is 5.32 Å². The lowest BCUT2D eigenvalue weighted by Gasteiger charge is -2.34. The quantitative estimate of drug-likeness (QED) is 0.0964. The van der Waals surface area contributed by atoms with Crippen molar-refractivity contribution in [2.75, 3.05) is 19.0 Å². The molecule has 0 aliphatic heterocycles. The molecule has 3 rings (SSSR count). The van der Waals surface area contributed by atoms with Crippen LogP contribution >= 0.6 is 11.6 Å². The molecule has 38 heavy (non-hydrogen) atoms. The molecule has 0 saturated heterocycles. The third-order valence-electron chi connectivity index (χ3n) is 5.45. The summed E-state index contributed by atoms with van der Waals surface area (Å²) in [6, 6.07) is 11.1. The molecule has 14 heteroatoms. The molecule has 0 radical (unpaired) electrons. The molecule has 0 saturated carbocycles. The minimum atomic E-state index is -2.82. The van der Waals surface area contributed by atoms with Crippen LogP contribution in [-0.4, -0.2) is 77.4 Å². The van der Waals surface area contributed by atoms with Gasteiger partial charge in [0.25, 0.3) is 11.8 Å². The van der Waals surface area contributed by atoms with Crippen molar-refractivity contribution in [1.29, 1.82) is 0 Å². The van der Waals surface area contributed by atoms with Crippen LogP contribution in [0.2, 0.25) is 5.02 Å². The molecule has 0 amide bonds. The van der Waals surface area contributed by atoms with Crippen LogP contribution in [-0.2, 0) is 4.74 Å². The van der Waals surface area contributed by atoms with E-state index in [4.69, 9.17) is 16.3 Å². The highest BCUT2D eigenvalue weighted by Gasteiger charge is 2.39. The minimum absolute atomic E-state index is 0.0582. The van der Waals surface area contributed by atoms with Gasteiger partial charge in [0, 0.05) is 17.8 Å². The van der Waals surface area contributed by atoms with E-state index in [1.807, 2.05) is 0 Å². The first-order valence-corrected chi connectivity index (χ1v) is 11.1. The monoisotopic (exact) mass is 552 g/mol. The molecule has 1 unspecified atom stereocenters. The van der Waals surface area contributed by atoms with E-state index in [-0.39, 0.29) is 16.8 Å². The van der Waals surface area contributed by atoms with Crippen LogP contribution in [0.1, 0.15) is 22.0 Å². The Bertz CT molecular complexity index is 1350. The van der Waals surface area contributed by atoms with Crippen molar-refractivity contribution in [3.8, 4) is 34.1 Å². The number of aliphatic hydroxyl groups is 4. The van der Waals surface area contributed by atoms with E-state index in [1.165, 1.54) is 37.4 Å². The molecule has 11 N–H and O–H groups in total. The number of anilines is 1. The predicted octanol–water partition coefficient (Wildman–Crippen LogP) is 1.19. The van der Waals surface area contributed by atoms with Crippen molar-refractivity contribution in [2.24, 2.45) is 0 Å². The molecule has 0 fully saturated rings. The lowest BCUT2D eigenvalue weighted by Crippen LogP contribution is -2.58. The average molecular weight is 553 g/mol. The van der Waals surface area contributed by atoms with Crippen LogP contribution < -0.4 is 10.6 Å². The van der Waals surface area contributed by atoms with E-state index in [0.717, 1.165) is 6.07 Å². The Hall–Kier alpha value is -3.82. The third-order valence-corrected chi connectivity index (χ3v) is 5.69. The number of hydrogen-bond acceptors (Lipinski definition) is 12. The summed E-state index contributed by atoms with van der Waals surface area (Å²) in [6.07, 6.45) is -1.39. The third kappa shape index (κ3) is 6.00. The smallest absolute Gasteiger partial charge is 0.343 e. The van der Waals surface area contributed by atoms with Gasteiger partial charge in [-0.3, -0.25) is 5.32 Å². The first-order chi connectivity index (χ1) is 17.7. The molecule has 204 valence electrons. The lowest BCUT2D eigenvalue weighted by molar-refractivity contribution is -0.266. The van der Waals surface area contributed by atoms with Crippen molar-refractivity contribution < 1.29 is 55.5 Å². The molecule has 0 aliphatic carbocycles. The van der Waals surface area contributed by atoms with E-state index in [1.54, 1.807) is 12.1 Å². The van der Waals surface area contributed by atoms with Crippen LogP contribution in [0.15, 0.2) is 48.5 Å². The van der Waals surface area contributed by atoms with Crippen molar-refractivity contribution in [2.45, 2.75) is 17.9 Å². The molecular formula is C24H25ClN2O11. The molecular weight excluding hydrogens is 528 g/mol. The first kappa shape index (κ1) is 28.7. The number of carbonyl (C=O) groups is 1. The summed E-state index contributed by atoms with van der Waals surface area (Å²) in [5.41, 5.74) is -1.50. The summed E-state index contributed by atoms with van der Waals surface area (Å²) in [7, 11) is 1.20. The second-order valence-electron chi connectivity index (χ2n) is 8.22. The summed E-state index contributed by atoms with van der Waals surface area (Å²) >= 11 is 5.94. The number of aromatic hydroxyl groups is 4. The normalized spacial score (nSPS) is 12.8. The number of carboxylic acid groups (broad SMARTS) is 1. The topological polar surface area (TPSA) is 232 Å².